The molecular formula is C19H24N3O3S+. The lowest BCUT2D eigenvalue weighted by Crippen LogP contribution is -3.12. The summed E-state index contributed by atoms with van der Waals surface area (Å²) in [4.78, 5) is 26.3. The van der Waals surface area contributed by atoms with Crippen molar-refractivity contribution in [2.75, 3.05) is 26.2 Å². The number of aliphatic hydroxyl groups excluding tert-OH is 1. The van der Waals surface area contributed by atoms with Crippen molar-refractivity contribution in [3.8, 4) is 0 Å². The van der Waals surface area contributed by atoms with E-state index in [1.165, 1.54) is 20.9 Å². The fourth-order valence-electron chi connectivity index (χ4n) is 3.36. The van der Waals surface area contributed by atoms with Crippen molar-refractivity contribution in [2.24, 2.45) is 0 Å². The molecule has 0 spiro atoms. The largest absolute Gasteiger partial charge is 0.395 e. The summed E-state index contributed by atoms with van der Waals surface area (Å²) in [6, 6.07) is 12.7. The molecule has 2 atom stereocenters. The van der Waals surface area contributed by atoms with Gasteiger partial charge in [-0.3, -0.25) is 9.59 Å². The number of carbonyl (C=O) groups is 2. The van der Waals surface area contributed by atoms with Crippen LogP contribution in [0.25, 0.3) is 0 Å². The Kier molecular flexibility index (Phi) is 6.38. The number of rotatable bonds is 6. The second kappa shape index (κ2) is 8.93. The molecule has 0 aliphatic carbocycles. The van der Waals surface area contributed by atoms with E-state index in [0.717, 1.165) is 19.5 Å². The van der Waals surface area contributed by atoms with Gasteiger partial charge >= 0.3 is 11.8 Å². The highest BCUT2D eigenvalue weighted by molar-refractivity contribution is 7.10. The maximum Gasteiger partial charge on any atom is 0.309 e. The Bertz CT molecular complexity index is 748. The molecule has 1 aromatic heterocycles. The summed E-state index contributed by atoms with van der Waals surface area (Å²) < 4.78 is 0. The highest BCUT2D eigenvalue weighted by Gasteiger charge is 2.30. The molecule has 2 amide bonds. The number of nitrogens with one attached hydrogen (secondary N) is 3. The predicted octanol–water partition coefficient (Wildman–Crippen LogP) is -0.345. The SMILES string of the molecule is O=C(NCCO)C(=O)NC[C@H](c1cccs1)[NH+]1CCc2ccccc2C1. The van der Waals surface area contributed by atoms with Crippen LogP contribution in [0.1, 0.15) is 22.0 Å². The van der Waals surface area contributed by atoms with Gasteiger partial charge in [0.2, 0.25) is 0 Å². The summed E-state index contributed by atoms with van der Waals surface area (Å²) in [5.41, 5.74) is 2.75. The zero-order valence-electron chi connectivity index (χ0n) is 14.5. The Morgan fingerprint density at radius 1 is 1.12 bits per heavy atom. The van der Waals surface area contributed by atoms with Gasteiger partial charge in [-0.25, -0.2) is 0 Å². The second-order valence-electron chi connectivity index (χ2n) is 6.36. The first-order valence-electron chi connectivity index (χ1n) is 8.80. The number of hydrogen-bond acceptors (Lipinski definition) is 4. The number of aliphatic hydroxyl groups is 1. The van der Waals surface area contributed by atoms with Gasteiger partial charge in [0.05, 0.1) is 24.6 Å². The van der Waals surface area contributed by atoms with Crippen molar-refractivity contribution < 1.29 is 19.6 Å². The molecule has 0 saturated heterocycles. The fourth-order valence-corrected chi connectivity index (χ4v) is 4.25. The third kappa shape index (κ3) is 4.49. The number of amides is 2. The van der Waals surface area contributed by atoms with Gasteiger partial charge in [-0.2, -0.15) is 0 Å². The summed E-state index contributed by atoms with van der Waals surface area (Å²) in [6.07, 6.45) is 1.01. The van der Waals surface area contributed by atoms with E-state index < -0.39 is 11.8 Å². The van der Waals surface area contributed by atoms with E-state index in [2.05, 4.69) is 41.0 Å². The van der Waals surface area contributed by atoms with Crippen molar-refractivity contribution in [3.63, 3.8) is 0 Å². The van der Waals surface area contributed by atoms with E-state index in [1.54, 1.807) is 11.3 Å². The first kappa shape index (κ1) is 18.6. The van der Waals surface area contributed by atoms with E-state index in [-0.39, 0.29) is 19.2 Å². The van der Waals surface area contributed by atoms with Crippen LogP contribution in [0.5, 0.6) is 0 Å². The minimum absolute atomic E-state index is 0.0781. The van der Waals surface area contributed by atoms with E-state index in [0.29, 0.717) is 6.54 Å². The highest BCUT2D eigenvalue weighted by atomic mass is 32.1. The van der Waals surface area contributed by atoms with Crippen LogP contribution >= 0.6 is 11.3 Å². The molecule has 6 nitrogen and oxygen atoms in total. The van der Waals surface area contributed by atoms with Crippen molar-refractivity contribution in [1.82, 2.24) is 10.6 Å². The highest BCUT2D eigenvalue weighted by Crippen LogP contribution is 2.18. The quantitative estimate of drug-likeness (QED) is 0.522. The molecule has 1 aromatic carbocycles. The van der Waals surface area contributed by atoms with Crippen LogP contribution in [0, 0.1) is 0 Å². The molecular weight excluding hydrogens is 350 g/mol. The monoisotopic (exact) mass is 374 g/mol. The van der Waals surface area contributed by atoms with Crippen LogP contribution in [0.3, 0.4) is 0 Å². The van der Waals surface area contributed by atoms with Crippen molar-refractivity contribution in [2.45, 2.75) is 19.0 Å². The van der Waals surface area contributed by atoms with E-state index in [9.17, 15) is 9.59 Å². The molecule has 1 aliphatic heterocycles. The normalized spacial score (nSPS) is 17.2. The van der Waals surface area contributed by atoms with Gasteiger partial charge in [0.25, 0.3) is 0 Å². The van der Waals surface area contributed by atoms with Crippen LogP contribution < -0.4 is 15.5 Å². The molecule has 0 fully saturated rings. The topological polar surface area (TPSA) is 82.9 Å². The van der Waals surface area contributed by atoms with Gasteiger partial charge in [-0.05, 0) is 17.0 Å². The predicted molar refractivity (Wildman–Crippen MR) is 99.8 cm³/mol. The van der Waals surface area contributed by atoms with Gasteiger partial charge in [0.15, 0.2) is 0 Å². The van der Waals surface area contributed by atoms with Crippen molar-refractivity contribution >= 4 is 23.2 Å². The Hall–Kier alpha value is -2.22. The summed E-state index contributed by atoms with van der Waals surface area (Å²) >= 11 is 1.67. The molecule has 1 unspecified atom stereocenters. The molecule has 7 heteroatoms. The lowest BCUT2D eigenvalue weighted by atomic mass is 9.98. The number of hydrogen-bond donors (Lipinski definition) is 4. The van der Waals surface area contributed by atoms with Crippen LogP contribution in [-0.2, 0) is 22.6 Å². The van der Waals surface area contributed by atoms with E-state index >= 15 is 0 Å². The zero-order chi connectivity index (χ0) is 18.4. The lowest BCUT2D eigenvalue weighted by Gasteiger charge is -2.32. The van der Waals surface area contributed by atoms with Gasteiger partial charge in [-0.15, -0.1) is 11.3 Å². The first-order chi connectivity index (χ1) is 12.7. The fraction of sp³-hybridized carbons (Fsp3) is 0.368. The number of benzene rings is 1. The van der Waals surface area contributed by atoms with Crippen molar-refractivity contribution in [1.29, 1.82) is 0 Å². The van der Waals surface area contributed by atoms with Gasteiger partial charge < -0.3 is 20.6 Å². The summed E-state index contributed by atoms with van der Waals surface area (Å²) in [5.74, 6) is -1.36. The smallest absolute Gasteiger partial charge is 0.309 e. The molecule has 26 heavy (non-hydrogen) atoms. The molecule has 2 heterocycles. The minimum Gasteiger partial charge on any atom is -0.395 e. The maximum absolute atomic E-state index is 12.0. The molecule has 1 aliphatic rings. The number of fused-ring (bicyclic) bond motifs is 1. The van der Waals surface area contributed by atoms with Gasteiger partial charge in [-0.1, -0.05) is 30.3 Å². The first-order valence-corrected chi connectivity index (χ1v) is 9.68. The number of carbonyl (C=O) groups excluding carboxylic acids is 2. The molecule has 0 saturated carbocycles. The van der Waals surface area contributed by atoms with Crippen LogP contribution in [0.2, 0.25) is 0 Å². The lowest BCUT2D eigenvalue weighted by molar-refractivity contribution is -0.945. The third-order valence-corrected chi connectivity index (χ3v) is 5.69. The van der Waals surface area contributed by atoms with E-state index in [1.807, 2.05) is 11.4 Å². The number of quaternary nitrogens is 1. The van der Waals surface area contributed by atoms with Crippen LogP contribution in [0.4, 0.5) is 0 Å². The van der Waals surface area contributed by atoms with Crippen molar-refractivity contribution in [3.05, 3.63) is 57.8 Å². The molecule has 0 radical (unpaired) electrons. The van der Waals surface area contributed by atoms with Crippen LogP contribution in [-0.4, -0.2) is 43.2 Å². The van der Waals surface area contributed by atoms with Gasteiger partial charge in [0.1, 0.15) is 12.6 Å². The average Bonchev–Trinajstić information content (AvgIpc) is 3.20. The second-order valence-corrected chi connectivity index (χ2v) is 7.34. The Morgan fingerprint density at radius 2 is 1.88 bits per heavy atom. The summed E-state index contributed by atoms with van der Waals surface area (Å²) in [6.45, 7) is 2.20. The number of thiophene rings is 1. The third-order valence-electron chi connectivity index (χ3n) is 4.70. The summed E-state index contributed by atoms with van der Waals surface area (Å²) in [5, 5.41) is 15.9. The minimum atomic E-state index is -0.706. The van der Waals surface area contributed by atoms with Gasteiger partial charge in [0, 0.05) is 18.5 Å². The Labute approximate surface area is 156 Å². The van der Waals surface area contributed by atoms with Crippen LogP contribution in [0.15, 0.2) is 41.8 Å². The average molecular weight is 374 g/mol. The molecule has 4 N–H and O–H groups in total. The van der Waals surface area contributed by atoms with E-state index in [4.69, 9.17) is 5.11 Å². The molecule has 138 valence electrons. The molecule has 0 bridgehead atoms. The summed E-state index contributed by atoms with van der Waals surface area (Å²) in [7, 11) is 0. The molecule has 3 rings (SSSR count). The standard InChI is InChI=1S/C19H23N3O3S/c23-10-8-20-18(24)19(25)21-12-16(17-6-3-11-26-17)22-9-7-14-4-1-2-5-15(14)13-22/h1-6,11,16,23H,7-10,12-13H2,(H,20,24)(H,21,25)/p+1/t16-/m1/s1. The molecule has 2 aromatic rings. The maximum atomic E-state index is 12.0. The Balaban J connectivity index is 1.67. The zero-order valence-corrected chi connectivity index (χ0v) is 15.3. The Morgan fingerprint density at radius 3 is 2.62 bits per heavy atom.